The molecule has 0 aliphatic heterocycles. The van der Waals surface area contributed by atoms with Crippen LogP contribution in [0, 0.1) is 0 Å². The largest absolute Gasteiger partial charge is 0.412 e. The van der Waals surface area contributed by atoms with Crippen molar-refractivity contribution in [2.75, 3.05) is 0 Å². The molecule has 0 fully saturated rings. The standard InChI is InChI=1S/2C4H9.2H2O.O.Sn/c2*1-3-4-2;;;;/h2*1,3-4H2,2H3;2*1H2;;. The monoisotopic (exact) mass is 286 g/mol. The third kappa shape index (κ3) is 13.1. The van der Waals surface area contributed by atoms with E-state index in [2.05, 4.69) is 13.8 Å². The van der Waals surface area contributed by atoms with Gasteiger partial charge >= 0.3 is 71.2 Å². The van der Waals surface area contributed by atoms with Crippen LogP contribution in [0.5, 0.6) is 0 Å². The maximum absolute atomic E-state index is 11.2. The van der Waals surface area contributed by atoms with Crippen molar-refractivity contribution < 1.29 is 14.0 Å². The van der Waals surface area contributed by atoms with E-state index in [1.165, 1.54) is 25.7 Å². The van der Waals surface area contributed by atoms with Crippen molar-refractivity contribution in [2.45, 2.75) is 48.4 Å². The van der Waals surface area contributed by atoms with Crippen molar-refractivity contribution >= 4 is 19.7 Å². The summed E-state index contributed by atoms with van der Waals surface area (Å²) in [6.07, 6.45) is 4.81. The fourth-order valence-electron chi connectivity index (χ4n) is 0.873. The Morgan fingerprint density at radius 3 is 1.50 bits per heavy atom. The van der Waals surface area contributed by atoms with Gasteiger partial charge in [-0.1, -0.05) is 0 Å². The molecule has 0 aliphatic rings. The Morgan fingerprint density at radius 1 is 0.917 bits per heavy atom. The van der Waals surface area contributed by atoms with Crippen LogP contribution in [-0.4, -0.2) is 30.7 Å². The molecule has 76 valence electrons. The second-order valence-electron chi connectivity index (χ2n) is 2.75. The van der Waals surface area contributed by atoms with Gasteiger partial charge in [0.15, 0.2) is 0 Å². The van der Waals surface area contributed by atoms with E-state index in [0.717, 1.165) is 8.87 Å². The summed E-state index contributed by atoms with van der Waals surface area (Å²) < 4.78 is 13.4. The van der Waals surface area contributed by atoms with Crippen LogP contribution in [0.25, 0.3) is 0 Å². The maximum Gasteiger partial charge on any atom is -0.412 e. The Balaban J connectivity index is -0.000000405. The molecule has 12 heavy (non-hydrogen) atoms. The van der Waals surface area contributed by atoms with Crippen LogP contribution in [-0.2, 0) is 3.08 Å². The molecule has 0 saturated heterocycles. The van der Waals surface area contributed by atoms with E-state index in [1.54, 1.807) is 0 Å². The van der Waals surface area contributed by atoms with Gasteiger partial charge in [-0.05, 0) is 0 Å². The first-order valence-electron chi connectivity index (χ1n) is 4.33. The molecule has 0 rings (SSSR count). The Labute approximate surface area is 82.3 Å². The fourth-order valence-corrected chi connectivity index (χ4v) is 5.86. The molecule has 0 spiro atoms. The molecular weight excluding hydrogens is 263 g/mol. The molecule has 0 heterocycles. The van der Waals surface area contributed by atoms with Crippen molar-refractivity contribution in [3.8, 4) is 0 Å². The molecule has 0 aromatic rings. The van der Waals surface area contributed by atoms with Crippen LogP contribution >= 0.6 is 0 Å². The summed E-state index contributed by atoms with van der Waals surface area (Å²) >= 11 is -1.99. The summed E-state index contributed by atoms with van der Waals surface area (Å²) in [4.78, 5) is 0. The molecular formula is C8H22O3Sn. The molecule has 4 N–H and O–H groups in total. The van der Waals surface area contributed by atoms with Gasteiger partial charge < -0.3 is 11.0 Å². The number of unbranched alkanes of at least 4 members (excludes halogenated alkanes) is 2. The van der Waals surface area contributed by atoms with E-state index in [-0.39, 0.29) is 11.0 Å². The van der Waals surface area contributed by atoms with Crippen LogP contribution in [0.1, 0.15) is 39.5 Å². The quantitative estimate of drug-likeness (QED) is 0.678. The van der Waals surface area contributed by atoms with Crippen molar-refractivity contribution in [2.24, 2.45) is 0 Å². The Bertz CT molecular complexity index is 86.3. The Morgan fingerprint density at radius 2 is 1.25 bits per heavy atom. The molecule has 0 aliphatic carbocycles. The van der Waals surface area contributed by atoms with E-state index in [1.807, 2.05) is 0 Å². The summed E-state index contributed by atoms with van der Waals surface area (Å²) in [7, 11) is 0. The molecule has 0 unspecified atom stereocenters. The van der Waals surface area contributed by atoms with Crippen molar-refractivity contribution in [1.29, 1.82) is 0 Å². The van der Waals surface area contributed by atoms with E-state index in [0.29, 0.717) is 0 Å². The molecule has 0 bridgehead atoms. The molecule has 4 heteroatoms. The van der Waals surface area contributed by atoms with Gasteiger partial charge in [0, 0.05) is 0 Å². The van der Waals surface area contributed by atoms with Gasteiger partial charge in [-0.25, -0.2) is 0 Å². The topological polar surface area (TPSA) is 80.1 Å². The first-order chi connectivity index (χ1) is 4.81. The molecule has 0 atom stereocenters. The van der Waals surface area contributed by atoms with Crippen LogP contribution < -0.4 is 0 Å². The van der Waals surface area contributed by atoms with Crippen LogP contribution in [0.4, 0.5) is 0 Å². The average Bonchev–Trinajstić information content (AvgIpc) is 1.97. The first kappa shape index (κ1) is 18.3. The van der Waals surface area contributed by atoms with Crippen LogP contribution in [0.3, 0.4) is 0 Å². The van der Waals surface area contributed by atoms with E-state index in [9.17, 15) is 3.08 Å². The zero-order chi connectivity index (χ0) is 7.82. The van der Waals surface area contributed by atoms with E-state index >= 15 is 0 Å². The van der Waals surface area contributed by atoms with Gasteiger partial charge in [0.2, 0.25) is 0 Å². The number of hydrogen-bond donors (Lipinski definition) is 0. The van der Waals surface area contributed by atoms with Gasteiger partial charge in [0.05, 0.1) is 0 Å². The zero-order valence-corrected chi connectivity index (χ0v) is 11.0. The average molecular weight is 285 g/mol. The van der Waals surface area contributed by atoms with Gasteiger partial charge in [0.1, 0.15) is 0 Å². The second-order valence-corrected chi connectivity index (χ2v) is 8.67. The maximum atomic E-state index is 11.2. The smallest absolute Gasteiger partial charge is 0.412 e. The number of hydrogen-bond acceptors (Lipinski definition) is 1. The molecule has 0 amide bonds. The summed E-state index contributed by atoms with van der Waals surface area (Å²) in [5.74, 6) is 0. The van der Waals surface area contributed by atoms with Crippen molar-refractivity contribution in [3.63, 3.8) is 0 Å². The number of rotatable bonds is 6. The second kappa shape index (κ2) is 14.1. The molecule has 3 nitrogen and oxygen atoms in total. The predicted octanol–water partition coefficient (Wildman–Crippen LogP) is 1.36. The van der Waals surface area contributed by atoms with Gasteiger partial charge in [-0.2, -0.15) is 0 Å². The normalized spacial score (nSPS) is 8.17. The molecule has 0 radical (unpaired) electrons. The van der Waals surface area contributed by atoms with Crippen LogP contribution in [0.15, 0.2) is 0 Å². The fraction of sp³-hybridized carbons (Fsp3) is 1.00. The van der Waals surface area contributed by atoms with Crippen LogP contribution in [0.2, 0.25) is 8.87 Å². The molecule has 0 saturated carbocycles. The minimum absolute atomic E-state index is 0. The third-order valence-corrected chi connectivity index (χ3v) is 6.82. The Kier molecular flexibility index (Phi) is 21.5. The van der Waals surface area contributed by atoms with Gasteiger partial charge in [0.25, 0.3) is 0 Å². The summed E-state index contributed by atoms with van der Waals surface area (Å²) in [6.45, 7) is 4.33. The SMILES string of the molecule is CCC[CH2][Sn](=[O])[CH2]CCC.O.O. The zero-order valence-electron chi connectivity index (χ0n) is 8.15. The van der Waals surface area contributed by atoms with E-state index < -0.39 is 19.7 Å². The van der Waals surface area contributed by atoms with Gasteiger partial charge in [-0.3, -0.25) is 0 Å². The molecule has 0 aromatic heterocycles. The van der Waals surface area contributed by atoms with Gasteiger partial charge in [-0.15, -0.1) is 0 Å². The first-order valence-corrected chi connectivity index (χ1v) is 9.53. The summed E-state index contributed by atoms with van der Waals surface area (Å²) in [5.41, 5.74) is 0. The third-order valence-electron chi connectivity index (χ3n) is 1.62. The summed E-state index contributed by atoms with van der Waals surface area (Å²) in [6, 6.07) is 0. The van der Waals surface area contributed by atoms with E-state index in [4.69, 9.17) is 0 Å². The summed E-state index contributed by atoms with van der Waals surface area (Å²) in [5, 5.41) is 0. The Hall–Kier alpha value is 0.519. The van der Waals surface area contributed by atoms with Crippen molar-refractivity contribution in [1.82, 2.24) is 0 Å². The minimum atomic E-state index is -1.99. The minimum Gasteiger partial charge on any atom is -0.412 e. The molecule has 0 aromatic carbocycles. The predicted molar refractivity (Wildman–Crippen MR) is 53.1 cm³/mol. The van der Waals surface area contributed by atoms with Crippen molar-refractivity contribution in [3.05, 3.63) is 0 Å².